The summed E-state index contributed by atoms with van der Waals surface area (Å²) in [4.78, 5) is 0. The number of nitrogens with two attached hydrogens (primary N) is 1. The first-order chi connectivity index (χ1) is 8.20. The summed E-state index contributed by atoms with van der Waals surface area (Å²) in [5.41, 5.74) is 3.08. The van der Waals surface area contributed by atoms with Crippen LogP contribution in [0.2, 0.25) is 0 Å². The lowest BCUT2D eigenvalue weighted by Crippen LogP contribution is -2.44. The van der Waals surface area contributed by atoms with E-state index in [-0.39, 0.29) is 0 Å². The minimum atomic E-state index is 0.497. The topological polar surface area (TPSA) is 47.3 Å². The van der Waals surface area contributed by atoms with Crippen LogP contribution in [0.1, 0.15) is 46.0 Å². The molecule has 0 radical (unpaired) electrons. The second-order valence-electron chi connectivity index (χ2n) is 6.27. The van der Waals surface area contributed by atoms with Crippen molar-refractivity contribution in [3.8, 4) is 0 Å². The number of ether oxygens (including phenoxy) is 1. The third kappa shape index (κ3) is 3.43. The lowest BCUT2D eigenvalue weighted by atomic mass is 9.72. The van der Waals surface area contributed by atoms with E-state index in [0.717, 1.165) is 36.9 Å². The zero-order valence-electron chi connectivity index (χ0n) is 11.3. The third-order valence-corrected chi connectivity index (χ3v) is 5.03. The van der Waals surface area contributed by atoms with Crippen LogP contribution in [0, 0.1) is 23.7 Å². The molecule has 2 fully saturated rings. The molecule has 3 nitrogen and oxygen atoms in total. The lowest BCUT2D eigenvalue weighted by molar-refractivity contribution is 0.146. The van der Waals surface area contributed by atoms with Crippen LogP contribution in [0.15, 0.2) is 0 Å². The van der Waals surface area contributed by atoms with Gasteiger partial charge < -0.3 is 4.74 Å². The molecule has 3 N–H and O–H groups in total. The molecule has 0 aromatic rings. The summed E-state index contributed by atoms with van der Waals surface area (Å²) in [6.07, 6.45) is 6.46. The van der Waals surface area contributed by atoms with Crippen molar-refractivity contribution < 1.29 is 4.74 Å². The summed E-state index contributed by atoms with van der Waals surface area (Å²) in [5, 5.41) is 0. The molecule has 5 unspecified atom stereocenters. The van der Waals surface area contributed by atoms with Gasteiger partial charge in [-0.25, -0.2) is 0 Å². The van der Waals surface area contributed by atoms with Crippen LogP contribution in [0.4, 0.5) is 0 Å². The fourth-order valence-corrected chi connectivity index (χ4v) is 3.48. The molecule has 2 aliphatic rings. The second-order valence-corrected chi connectivity index (χ2v) is 6.27. The molecule has 0 aromatic heterocycles. The van der Waals surface area contributed by atoms with Gasteiger partial charge in [0.05, 0.1) is 0 Å². The van der Waals surface area contributed by atoms with Crippen molar-refractivity contribution in [1.29, 1.82) is 0 Å². The first-order valence-electron chi connectivity index (χ1n) is 7.24. The monoisotopic (exact) mass is 240 g/mol. The molecule has 0 bridgehead atoms. The predicted molar refractivity (Wildman–Crippen MR) is 70.3 cm³/mol. The molecular formula is C14H28N2O. The molecule has 5 atom stereocenters. The standard InChI is InChI=1S/C14H28N2O/c1-10-3-4-13(7-11(10)2)14(16-15)8-12-5-6-17-9-12/h10-14,16H,3-9,15H2,1-2H3. The fourth-order valence-electron chi connectivity index (χ4n) is 3.48. The van der Waals surface area contributed by atoms with Crippen molar-refractivity contribution in [2.24, 2.45) is 29.5 Å². The van der Waals surface area contributed by atoms with E-state index in [1.54, 1.807) is 0 Å². The molecule has 0 amide bonds. The largest absolute Gasteiger partial charge is 0.381 e. The molecule has 1 heterocycles. The minimum Gasteiger partial charge on any atom is -0.381 e. The SMILES string of the molecule is CC1CCC(C(CC2CCOC2)NN)CC1C. The fraction of sp³-hybridized carbons (Fsp3) is 1.00. The van der Waals surface area contributed by atoms with Gasteiger partial charge in [0.1, 0.15) is 0 Å². The van der Waals surface area contributed by atoms with Crippen molar-refractivity contribution in [2.45, 2.75) is 52.0 Å². The number of hydrazine groups is 1. The molecule has 0 aromatic carbocycles. The zero-order chi connectivity index (χ0) is 12.3. The summed E-state index contributed by atoms with van der Waals surface area (Å²) < 4.78 is 5.46. The quantitative estimate of drug-likeness (QED) is 0.585. The average Bonchev–Trinajstić information content (AvgIpc) is 2.82. The summed E-state index contributed by atoms with van der Waals surface area (Å²) in [6.45, 7) is 6.66. The van der Waals surface area contributed by atoms with Crippen LogP contribution >= 0.6 is 0 Å². The molecule has 1 saturated heterocycles. The van der Waals surface area contributed by atoms with Crippen LogP contribution < -0.4 is 11.3 Å². The maximum atomic E-state index is 5.77. The van der Waals surface area contributed by atoms with E-state index in [9.17, 15) is 0 Å². The van der Waals surface area contributed by atoms with Crippen molar-refractivity contribution >= 4 is 0 Å². The molecular weight excluding hydrogens is 212 g/mol. The second kappa shape index (κ2) is 6.17. The first kappa shape index (κ1) is 13.3. The average molecular weight is 240 g/mol. The van der Waals surface area contributed by atoms with E-state index in [1.807, 2.05) is 0 Å². The van der Waals surface area contributed by atoms with Crippen molar-refractivity contribution in [3.05, 3.63) is 0 Å². The van der Waals surface area contributed by atoms with Gasteiger partial charge in [0, 0.05) is 19.3 Å². The maximum Gasteiger partial charge on any atom is 0.0495 e. The van der Waals surface area contributed by atoms with E-state index in [4.69, 9.17) is 10.6 Å². The highest BCUT2D eigenvalue weighted by Crippen LogP contribution is 2.36. The Labute approximate surface area is 105 Å². The van der Waals surface area contributed by atoms with Crippen LogP contribution in [-0.2, 0) is 4.74 Å². The van der Waals surface area contributed by atoms with Crippen LogP contribution in [0.3, 0.4) is 0 Å². The van der Waals surface area contributed by atoms with Gasteiger partial charge in [-0.1, -0.05) is 20.3 Å². The van der Waals surface area contributed by atoms with Gasteiger partial charge in [-0.2, -0.15) is 0 Å². The Morgan fingerprint density at radius 1 is 1.24 bits per heavy atom. The Balaban J connectivity index is 1.84. The van der Waals surface area contributed by atoms with E-state index >= 15 is 0 Å². The molecule has 1 aliphatic heterocycles. The van der Waals surface area contributed by atoms with Crippen molar-refractivity contribution in [1.82, 2.24) is 5.43 Å². The van der Waals surface area contributed by atoms with Gasteiger partial charge in [0.25, 0.3) is 0 Å². The number of rotatable bonds is 4. The van der Waals surface area contributed by atoms with Gasteiger partial charge >= 0.3 is 0 Å². The zero-order valence-corrected chi connectivity index (χ0v) is 11.3. The number of nitrogens with one attached hydrogen (secondary N) is 1. The molecule has 2 rings (SSSR count). The summed E-state index contributed by atoms with van der Waals surface area (Å²) in [5.74, 6) is 9.01. The highest BCUT2D eigenvalue weighted by molar-refractivity contribution is 4.85. The van der Waals surface area contributed by atoms with E-state index in [1.165, 1.54) is 32.1 Å². The van der Waals surface area contributed by atoms with Gasteiger partial charge in [-0.05, 0) is 49.4 Å². The molecule has 1 aliphatic carbocycles. The Kier molecular flexibility index (Phi) is 4.83. The van der Waals surface area contributed by atoms with Gasteiger partial charge in [0.15, 0.2) is 0 Å². The number of hydrogen-bond acceptors (Lipinski definition) is 3. The Bertz CT molecular complexity index is 228. The number of hydrogen-bond donors (Lipinski definition) is 2. The Morgan fingerprint density at radius 3 is 2.65 bits per heavy atom. The van der Waals surface area contributed by atoms with Gasteiger partial charge in [-0.15, -0.1) is 0 Å². The molecule has 0 spiro atoms. The maximum absolute atomic E-state index is 5.77. The first-order valence-corrected chi connectivity index (χ1v) is 7.24. The van der Waals surface area contributed by atoms with Crippen LogP contribution in [0.25, 0.3) is 0 Å². The van der Waals surface area contributed by atoms with Crippen LogP contribution in [-0.4, -0.2) is 19.3 Å². The summed E-state index contributed by atoms with van der Waals surface area (Å²) in [7, 11) is 0. The molecule has 3 heteroatoms. The molecule has 17 heavy (non-hydrogen) atoms. The highest BCUT2D eigenvalue weighted by Gasteiger charge is 2.31. The van der Waals surface area contributed by atoms with E-state index < -0.39 is 0 Å². The van der Waals surface area contributed by atoms with Crippen molar-refractivity contribution in [2.75, 3.05) is 13.2 Å². The van der Waals surface area contributed by atoms with Crippen LogP contribution in [0.5, 0.6) is 0 Å². The third-order valence-electron chi connectivity index (χ3n) is 5.03. The lowest BCUT2D eigenvalue weighted by Gasteiger charge is -2.37. The predicted octanol–water partition coefficient (Wildman–Crippen LogP) is 2.32. The summed E-state index contributed by atoms with van der Waals surface area (Å²) in [6, 6.07) is 0.497. The Morgan fingerprint density at radius 2 is 2.06 bits per heavy atom. The van der Waals surface area contributed by atoms with E-state index in [2.05, 4.69) is 19.3 Å². The van der Waals surface area contributed by atoms with Crippen molar-refractivity contribution in [3.63, 3.8) is 0 Å². The Hall–Kier alpha value is -0.120. The molecule has 100 valence electrons. The minimum absolute atomic E-state index is 0.497. The van der Waals surface area contributed by atoms with Gasteiger partial charge in [0.2, 0.25) is 0 Å². The smallest absolute Gasteiger partial charge is 0.0495 e. The normalized spacial score (nSPS) is 40.4. The van der Waals surface area contributed by atoms with Gasteiger partial charge in [-0.3, -0.25) is 11.3 Å². The van der Waals surface area contributed by atoms with E-state index in [0.29, 0.717) is 6.04 Å². The molecule has 1 saturated carbocycles. The highest BCUT2D eigenvalue weighted by atomic mass is 16.5. The summed E-state index contributed by atoms with van der Waals surface area (Å²) >= 11 is 0.